The molecule has 3 heteroatoms. The molecule has 2 nitrogen and oxygen atoms in total. The third kappa shape index (κ3) is 1.62. The molecule has 0 unspecified atom stereocenters. The first kappa shape index (κ1) is 9.16. The lowest BCUT2D eigenvalue weighted by Crippen LogP contribution is -2.22. The topological polar surface area (TPSA) is 52.0 Å². The van der Waals surface area contributed by atoms with E-state index in [1.165, 1.54) is 0 Å². The van der Waals surface area contributed by atoms with Gasteiger partial charge in [0, 0.05) is 18.2 Å². The predicted molar refractivity (Wildman–Crippen MR) is 47.1 cm³/mol. The van der Waals surface area contributed by atoms with Crippen LogP contribution in [0.4, 0.5) is 4.39 Å². The van der Waals surface area contributed by atoms with E-state index in [0.29, 0.717) is 11.1 Å². The zero-order valence-electron chi connectivity index (χ0n) is 7.05. The third-order valence-electron chi connectivity index (χ3n) is 1.88. The second-order valence-corrected chi connectivity index (χ2v) is 2.82. The standard InChI is InChI=1S/C9H13FN2/c1-6-3-2-4-7(9(6)10)8(12)5-11/h2-4,8H,5,11-12H2,1H3/t8-/m1/s1. The minimum absolute atomic E-state index is 0.240. The first-order chi connectivity index (χ1) is 5.66. The van der Waals surface area contributed by atoms with Crippen LogP contribution in [0.1, 0.15) is 17.2 Å². The van der Waals surface area contributed by atoms with Crippen molar-refractivity contribution in [1.29, 1.82) is 0 Å². The van der Waals surface area contributed by atoms with E-state index in [4.69, 9.17) is 11.5 Å². The van der Waals surface area contributed by atoms with Crippen LogP contribution in [-0.2, 0) is 0 Å². The van der Waals surface area contributed by atoms with Crippen LogP contribution in [0.3, 0.4) is 0 Å². The third-order valence-corrected chi connectivity index (χ3v) is 1.88. The van der Waals surface area contributed by atoms with Gasteiger partial charge in [-0.05, 0) is 12.5 Å². The molecule has 0 amide bonds. The molecule has 0 aromatic heterocycles. The lowest BCUT2D eigenvalue weighted by Gasteiger charge is -2.10. The first-order valence-electron chi connectivity index (χ1n) is 3.87. The summed E-state index contributed by atoms with van der Waals surface area (Å²) < 4.78 is 13.3. The molecule has 0 heterocycles. The van der Waals surface area contributed by atoms with Gasteiger partial charge >= 0.3 is 0 Å². The highest BCUT2D eigenvalue weighted by Crippen LogP contribution is 2.16. The Balaban J connectivity index is 3.07. The van der Waals surface area contributed by atoms with Gasteiger partial charge in [-0.1, -0.05) is 18.2 Å². The summed E-state index contributed by atoms with van der Waals surface area (Å²) in [6.07, 6.45) is 0. The Labute approximate surface area is 71.4 Å². The van der Waals surface area contributed by atoms with E-state index in [1.807, 2.05) is 0 Å². The van der Waals surface area contributed by atoms with Gasteiger partial charge in [-0.15, -0.1) is 0 Å². The molecule has 0 saturated carbocycles. The summed E-state index contributed by atoms with van der Waals surface area (Å²) in [5, 5.41) is 0. The molecule has 1 aromatic carbocycles. The average Bonchev–Trinajstić information content (AvgIpc) is 2.08. The summed E-state index contributed by atoms with van der Waals surface area (Å²) in [6.45, 7) is 1.97. The van der Waals surface area contributed by atoms with Crippen LogP contribution in [0.5, 0.6) is 0 Å². The van der Waals surface area contributed by atoms with Crippen LogP contribution < -0.4 is 11.5 Å². The highest BCUT2D eigenvalue weighted by molar-refractivity contribution is 5.27. The van der Waals surface area contributed by atoms with Gasteiger partial charge in [-0.25, -0.2) is 4.39 Å². The van der Waals surface area contributed by atoms with Crippen molar-refractivity contribution in [3.63, 3.8) is 0 Å². The summed E-state index contributed by atoms with van der Waals surface area (Å²) in [6, 6.07) is 4.76. The summed E-state index contributed by atoms with van der Waals surface area (Å²) in [5.74, 6) is -0.240. The number of hydrogen-bond acceptors (Lipinski definition) is 2. The SMILES string of the molecule is Cc1cccc([C@H](N)CN)c1F. The molecule has 4 N–H and O–H groups in total. The Morgan fingerprint density at radius 1 is 1.50 bits per heavy atom. The van der Waals surface area contributed by atoms with Crippen molar-refractivity contribution in [2.75, 3.05) is 6.54 Å². The fourth-order valence-corrected chi connectivity index (χ4v) is 1.08. The smallest absolute Gasteiger partial charge is 0.130 e. The van der Waals surface area contributed by atoms with Crippen molar-refractivity contribution in [3.8, 4) is 0 Å². The fourth-order valence-electron chi connectivity index (χ4n) is 1.08. The molecule has 0 bridgehead atoms. The highest BCUT2D eigenvalue weighted by Gasteiger charge is 2.10. The van der Waals surface area contributed by atoms with Gasteiger partial charge in [-0.2, -0.15) is 0 Å². The van der Waals surface area contributed by atoms with Crippen molar-refractivity contribution in [3.05, 3.63) is 35.1 Å². The van der Waals surface area contributed by atoms with Crippen LogP contribution in [0, 0.1) is 12.7 Å². The van der Waals surface area contributed by atoms with Gasteiger partial charge in [0.1, 0.15) is 5.82 Å². The Bertz CT molecular complexity index is 273. The molecule has 1 atom stereocenters. The van der Waals surface area contributed by atoms with Gasteiger partial charge in [-0.3, -0.25) is 0 Å². The Morgan fingerprint density at radius 2 is 2.17 bits per heavy atom. The summed E-state index contributed by atoms with van der Waals surface area (Å²) >= 11 is 0. The minimum atomic E-state index is -0.398. The monoisotopic (exact) mass is 168 g/mol. The molecule has 0 aliphatic heterocycles. The van der Waals surface area contributed by atoms with Crippen molar-refractivity contribution in [2.45, 2.75) is 13.0 Å². The van der Waals surface area contributed by atoms with Crippen LogP contribution in [0.2, 0.25) is 0 Å². The van der Waals surface area contributed by atoms with Gasteiger partial charge < -0.3 is 11.5 Å². The second-order valence-electron chi connectivity index (χ2n) is 2.82. The van der Waals surface area contributed by atoms with Crippen LogP contribution in [0.25, 0.3) is 0 Å². The lowest BCUT2D eigenvalue weighted by molar-refractivity contribution is 0.576. The molecule has 0 spiro atoms. The summed E-state index contributed by atoms with van der Waals surface area (Å²) in [5.41, 5.74) is 12.0. The molecular formula is C9H13FN2. The largest absolute Gasteiger partial charge is 0.329 e. The van der Waals surface area contributed by atoms with Crippen LogP contribution in [-0.4, -0.2) is 6.54 Å². The molecule has 66 valence electrons. The maximum atomic E-state index is 13.3. The van der Waals surface area contributed by atoms with Crippen LogP contribution >= 0.6 is 0 Å². The Hall–Kier alpha value is -0.930. The lowest BCUT2D eigenvalue weighted by atomic mass is 10.0. The van der Waals surface area contributed by atoms with E-state index in [9.17, 15) is 4.39 Å². The number of nitrogens with two attached hydrogens (primary N) is 2. The zero-order chi connectivity index (χ0) is 9.14. The first-order valence-corrected chi connectivity index (χ1v) is 3.87. The molecule has 1 aromatic rings. The van der Waals surface area contributed by atoms with Crippen molar-refractivity contribution in [1.82, 2.24) is 0 Å². The van der Waals surface area contributed by atoms with Gasteiger partial charge in [0.15, 0.2) is 0 Å². The fraction of sp³-hybridized carbons (Fsp3) is 0.333. The van der Waals surface area contributed by atoms with Crippen molar-refractivity contribution < 1.29 is 4.39 Å². The van der Waals surface area contributed by atoms with E-state index >= 15 is 0 Å². The van der Waals surface area contributed by atoms with Crippen LogP contribution in [0.15, 0.2) is 18.2 Å². The minimum Gasteiger partial charge on any atom is -0.329 e. The van der Waals surface area contributed by atoms with Crippen molar-refractivity contribution >= 4 is 0 Å². The average molecular weight is 168 g/mol. The molecule has 0 fully saturated rings. The molecular weight excluding hydrogens is 155 g/mol. The van der Waals surface area contributed by atoms with Gasteiger partial charge in [0.25, 0.3) is 0 Å². The van der Waals surface area contributed by atoms with E-state index in [0.717, 1.165) is 0 Å². The molecule has 1 rings (SSSR count). The Morgan fingerprint density at radius 3 is 2.75 bits per heavy atom. The number of aryl methyl sites for hydroxylation is 1. The molecule has 0 radical (unpaired) electrons. The van der Waals surface area contributed by atoms with Gasteiger partial charge in [0.2, 0.25) is 0 Å². The number of halogens is 1. The quantitative estimate of drug-likeness (QED) is 0.694. The zero-order valence-corrected chi connectivity index (χ0v) is 7.05. The van der Waals surface area contributed by atoms with E-state index in [1.54, 1.807) is 25.1 Å². The Kier molecular flexibility index (Phi) is 2.78. The predicted octanol–water partition coefficient (Wildman–Crippen LogP) is 1.09. The maximum absolute atomic E-state index is 13.3. The number of rotatable bonds is 2. The van der Waals surface area contributed by atoms with E-state index in [2.05, 4.69) is 0 Å². The second kappa shape index (κ2) is 3.65. The van der Waals surface area contributed by atoms with Crippen molar-refractivity contribution in [2.24, 2.45) is 11.5 Å². The molecule has 0 aliphatic rings. The summed E-state index contributed by atoms with van der Waals surface area (Å²) in [4.78, 5) is 0. The highest BCUT2D eigenvalue weighted by atomic mass is 19.1. The normalized spacial score (nSPS) is 13.0. The van der Waals surface area contributed by atoms with E-state index < -0.39 is 6.04 Å². The molecule has 12 heavy (non-hydrogen) atoms. The van der Waals surface area contributed by atoms with Gasteiger partial charge in [0.05, 0.1) is 0 Å². The summed E-state index contributed by atoms with van der Waals surface area (Å²) in [7, 11) is 0. The molecule has 0 saturated heterocycles. The number of benzene rings is 1. The maximum Gasteiger partial charge on any atom is 0.130 e. The molecule has 0 aliphatic carbocycles. The number of hydrogen-bond donors (Lipinski definition) is 2. The van der Waals surface area contributed by atoms with E-state index in [-0.39, 0.29) is 12.4 Å².